The van der Waals surface area contributed by atoms with Crippen molar-refractivity contribution in [3.05, 3.63) is 24.3 Å². The van der Waals surface area contributed by atoms with Gasteiger partial charge >= 0.3 is 0 Å². The fraction of sp³-hybridized carbons (Fsp3) is 0.818. The molecular weight excluding hydrogens is 280 g/mol. The molecule has 0 aliphatic rings. The van der Waals surface area contributed by atoms with Crippen molar-refractivity contribution in [2.24, 2.45) is 10.8 Å². The van der Waals surface area contributed by atoms with Crippen molar-refractivity contribution >= 4 is 0 Å². The fourth-order valence-corrected chi connectivity index (χ4v) is 2.25. The van der Waals surface area contributed by atoms with E-state index in [-0.39, 0.29) is 23.0 Å². The number of allylic oxidation sites excluding steroid dienone is 2. The molecule has 0 rings (SSSR count). The van der Waals surface area contributed by atoms with Gasteiger partial charge in [0.05, 0.1) is 12.2 Å². The van der Waals surface area contributed by atoms with E-state index in [1.54, 1.807) is 0 Å². The molecule has 136 valence electrons. The predicted molar refractivity (Wildman–Crippen MR) is 105 cm³/mol. The normalized spacial score (nSPS) is 16.3. The Bertz CT molecular complexity index is 304. The van der Waals surface area contributed by atoms with Crippen LogP contribution in [0.5, 0.6) is 0 Å². The quantitative estimate of drug-likeness (QED) is 0.383. The lowest BCUT2D eigenvalue weighted by Crippen LogP contribution is -2.20. The monoisotopic (exact) mass is 322 g/mol. The first kappa shape index (κ1) is 22.4. The lowest BCUT2D eigenvalue weighted by atomic mass is 9.94. The van der Waals surface area contributed by atoms with Gasteiger partial charge in [0.25, 0.3) is 0 Å². The average Bonchev–Trinajstić information content (AvgIpc) is 2.42. The zero-order chi connectivity index (χ0) is 17.9. The van der Waals surface area contributed by atoms with E-state index in [4.69, 9.17) is 4.74 Å². The summed E-state index contributed by atoms with van der Waals surface area (Å²) in [5.41, 5.74) is 0.433. The van der Waals surface area contributed by atoms with E-state index in [0.717, 1.165) is 12.8 Å². The summed E-state index contributed by atoms with van der Waals surface area (Å²) in [5, 5.41) is 0. The summed E-state index contributed by atoms with van der Waals surface area (Å²) in [6.45, 7) is 18.0. The molecule has 0 aromatic carbocycles. The Labute approximate surface area is 146 Å². The van der Waals surface area contributed by atoms with Gasteiger partial charge < -0.3 is 4.74 Å². The highest BCUT2D eigenvalue weighted by molar-refractivity contribution is 5.00. The highest BCUT2D eigenvalue weighted by Crippen LogP contribution is 2.21. The summed E-state index contributed by atoms with van der Waals surface area (Å²) in [6, 6.07) is 0. The Morgan fingerprint density at radius 2 is 1.04 bits per heavy atom. The highest BCUT2D eigenvalue weighted by atomic mass is 16.5. The first-order chi connectivity index (χ1) is 10.6. The third kappa shape index (κ3) is 14.7. The van der Waals surface area contributed by atoms with Crippen LogP contribution in [0.25, 0.3) is 0 Å². The van der Waals surface area contributed by atoms with Crippen molar-refractivity contribution in [3.63, 3.8) is 0 Å². The number of hydrogen-bond acceptors (Lipinski definition) is 1. The van der Waals surface area contributed by atoms with Crippen molar-refractivity contribution in [1.29, 1.82) is 0 Å². The second kappa shape index (κ2) is 11.1. The smallest absolute Gasteiger partial charge is 0.0764 e. The molecule has 0 radical (unpaired) electrons. The summed E-state index contributed by atoms with van der Waals surface area (Å²) in [4.78, 5) is 0. The second-order valence-electron chi connectivity index (χ2n) is 8.95. The average molecular weight is 323 g/mol. The van der Waals surface area contributed by atoms with Gasteiger partial charge in [0.15, 0.2) is 0 Å². The summed E-state index contributed by atoms with van der Waals surface area (Å²) >= 11 is 0. The molecule has 0 spiro atoms. The molecule has 0 aromatic heterocycles. The van der Waals surface area contributed by atoms with E-state index >= 15 is 0 Å². The molecule has 0 saturated heterocycles. The molecule has 0 saturated carbocycles. The van der Waals surface area contributed by atoms with Crippen LogP contribution in [0, 0.1) is 10.8 Å². The van der Waals surface area contributed by atoms with E-state index < -0.39 is 0 Å². The Morgan fingerprint density at radius 1 is 0.696 bits per heavy atom. The maximum atomic E-state index is 6.47. The van der Waals surface area contributed by atoms with Gasteiger partial charge in [-0.2, -0.15) is 0 Å². The minimum Gasteiger partial charge on any atom is -0.367 e. The van der Waals surface area contributed by atoms with Gasteiger partial charge in [0, 0.05) is 0 Å². The Balaban J connectivity index is 4.93. The van der Waals surface area contributed by atoms with Gasteiger partial charge in [-0.3, -0.25) is 0 Å². The van der Waals surface area contributed by atoms with Crippen molar-refractivity contribution in [2.45, 2.75) is 106 Å². The van der Waals surface area contributed by atoms with Gasteiger partial charge in [-0.1, -0.05) is 105 Å². The van der Waals surface area contributed by atoms with Crippen molar-refractivity contribution < 1.29 is 4.74 Å². The van der Waals surface area contributed by atoms with Crippen molar-refractivity contribution in [1.82, 2.24) is 0 Å². The molecule has 1 nitrogen and oxygen atoms in total. The van der Waals surface area contributed by atoms with Crippen molar-refractivity contribution in [3.8, 4) is 0 Å². The summed E-state index contributed by atoms with van der Waals surface area (Å²) in [6.07, 6.45) is 16.8. The molecule has 0 amide bonds. The molecule has 2 atom stereocenters. The SMILES string of the molecule is CCCCC(C=CC(C)(C)C)OC(C=CC(C)(C)C)CCCC. The first-order valence-electron chi connectivity index (χ1n) is 9.61. The summed E-state index contributed by atoms with van der Waals surface area (Å²) < 4.78 is 6.47. The van der Waals surface area contributed by atoms with Gasteiger partial charge in [0.2, 0.25) is 0 Å². The second-order valence-corrected chi connectivity index (χ2v) is 8.95. The summed E-state index contributed by atoms with van der Waals surface area (Å²) in [5.74, 6) is 0. The van der Waals surface area contributed by atoms with Crippen LogP contribution in [0.15, 0.2) is 24.3 Å². The Hall–Kier alpha value is -0.560. The third-order valence-corrected chi connectivity index (χ3v) is 3.66. The molecular formula is C22H42O. The van der Waals surface area contributed by atoms with Gasteiger partial charge in [0.1, 0.15) is 0 Å². The van der Waals surface area contributed by atoms with E-state index in [2.05, 4.69) is 79.7 Å². The molecule has 0 aliphatic carbocycles. The van der Waals surface area contributed by atoms with Crippen LogP contribution in [0.2, 0.25) is 0 Å². The topological polar surface area (TPSA) is 9.23 Å². The first-order valence-corrected chi connectivity index (χ1v) is 9.61. The van der Waals surface area contributed by atoms with E-state index in [1.807, 2.05) is 0 Å². The molecule has 23 heavy (non-hydrogen) atoms. The minimum absolute atomic E-state index is 0.216. The lowest BCUT2D eigenvalue weighted by Gasteiger charge is -2.23. The van der Waals surface area contributed by atoms with Crippen LogP contribution in [0.4, 0.5) is 0 Å². The van der Waals surface area contributed by atoms with Crippen LogP contribution in [0.3, 0.4) is 0 Å². The number of rotatable bonds is 10. The molecule has 0 aromatic rings. The van der Waals surface area contributed by atoms with E-state index in [1.165, 1.54) is 25.7 Å². The minimum atomic E-state index is 0.216. The number of unbranched alkanes of at least 4 members (excludes halogenated alkanes) is 2. The molecule has 0 aliphatic heterocycles. The Kier molecular flexibility index (Phi) is 10.8. The van der Waals surface area contributed by atoms with E-state index in [0.29, 0.717) is 0 Å². The van der Waals surface area contributed by atoms with Gasteiger partial charge in [-0.25, -0.2) is 0 Å². The third-order valence-electron chi connectivity index (χ3n) is 3.66. The zero-order valence-corrected chi connectivity index (χ0v) is 17.1. The predicted octanol–water partition coefficient (Wildman–Crippen LogP) is 7.33. The number of hydrogen-bond donors (Lipinski definition) is 0. The maximum absolute atomic E-state index is 6.47. The molecule has 0 N–H and O–H groups in total. The highest BCUT2D eigenvalue weighted by Gasteiger charge is 2.15. The van der Waals surface area contributed by atoms with Crippen LogP contribution >= 0.6 is 0 Å². The van der Waals surface area contributed by atoms with E-state index in [9.17, 15) is 0 Å². The maximum Gasteiger partial charge on any atom is 0.0764 e. The largest absolute Gasteiger partial charge is 0.367 e. The van der Waals surface area contributed by atoms with Crippen molar-refractivity contribution in [2.75, 3.05) is 0 Å². The standard InChI is InChI=1S/C22H42O/c1-9-11-13-19(15-17-21(3,4)5)23-20(14-12-10-2)16-18-22(6,7)8/h15-20H,9-14H2,1-8H3. The molecule has 0 bridgehead atoms. The molecule has 1 heteroatoms. The lowest BCUT2D eigenvalue weighted by molar-refractivity contribution is 0.0291. The van der Waals surface area contributed by atoms with Gasteiger partial charge in [-0.15, -0.1) is 0 Å². The van der Waals surface area contributed by atoms with Crippen LogP contribution in [-0.4, -0.2) is 12.2 Å². The number of ether oxygens (including phenoxy) is 1. The molecule has 2 unspecified atom stereocenters. The molecule has 0 fully saturated rings. The fourth-order valence-electron chi connectivity index (χ4n) is 2.25. The van der Waals surface area contributed by atoms with Crippen LogP contribution < -0.4 is 0 Å². The van der Waals surface area contributed by atoms with Crippen LogP contribution in [-0.2, 0) is 4.74 Å². The zero-order valence-electron chi connectivity index (χ0n) is 17.1. The van der Waals surface area contributed by atoms with Gasteiger partial charge in [-0.05, 0) is 23.7 Å². The van der Waals surface area contributed by atoms with Crippen LogP contribution in [0.1, 0.15) is 93.9 Å². The Morgan fingerprint density at radius 3 is 1.30 bits per heavy atom. The molecule has 0 heterocycles. The summed E-state index contributed by atoms with van der Waals surface area (Å²) in [7, 11) is 0.